The summed E-state index contributed by atoms with van der Waals surface area (Å²) in [5.74, 6) is 1.03. The van der Waals surface area contributed by atoms with Gasteiger partial charge in [-0.05, 0) is 59.5 Å². The fourth-order valence-corrected chi connectivity index (χ4v) is 6.17. The predicted molar refractivity (Wildman–Crippen MR) is 181 cm³/mol. The van der Waals surface area contributed by atoms with Crippen molar-refractivity contribution >= 4 is 21.9 Å². The molecule has 0 atom stereocenters. The number of aromatic hydroxyl groups is 1. The Balaban J connectivity index is 0.00000357. The van der Waals surface area contributed by atoms with Crippen LogP contribution in [0.3, 0.4) is 0 Å². The number of hydrogen-bond donors (Lipinski definition) is 1. The van der Waals surface area contributed by atoms with Crippen molar-refractivity contribution < 1.29 is 26.2 Å². The molecule has 0 unspecified atom stereocenters. The van der Waals surface area contributed by atoms with Gasteiger partial charge in [-0.1, -0.05) is 98.6 Å². The molecule has 0 fully saturated rings. The standard InChI is InChI=1S/C40H34N3O.Pt/c1-25-12-8-13-26(2)38(25)43-34-19-10-18-32(31-17-6-7-20-35(31)44)37(34)42-39(43)29-15-9-14-27(22-29)33-24-30(40(3,4)5)23-28-16-11-21-41-36(28)33;/h6-21,23-24,44H,1-5H3;/q-1;. The molecule has 2 heterocycles. The Morgan fingerprint density at radius 3 is 2.13 bits per heavy atom. The van der Waals surface area contributed by atoms with Crippen LogP contribution in [0.1, 0.15) is 37.5 Å². The molecule has 0 spiro atoms. The number of phenols is 1. The van der Waals surface area contributed by atoms with Gasteiger partial charge >= 0.3 is 0 Å². The molecule has 0 aliphatic carbocycles. The van der Waals surface area contributed by atoms with Crippen molar-refractivity contribution in [1.29, 1.82) is 0 Å². The van der Waals surface area contributed by atoms with Crippen LogP contribution < -0.4 is 0 Å². The summed E-state index contributed by atoms with van der Waals surface area (Å²) in [4.78, 5) is 10.1. The zero-order valence-corrected chi connectivity index (χ0v) is 28.3. The number of imidazole rings is 1. The number of rotatable bonds is 4. The third kappa shape index (κ3) is 5.38. The third-order valence-corrected chi connectivity index (χ3v) is 8.44. The minimum Gasteiger partial charge on any atom is -0.507 e. The normalized spacial score (nSPS) is 11.6. The van der Waals surface area contributed by atoms with Crippen molar-refractivity contribution in [3.63, 3.8) is 0 Å². The third-order valence-electron chi connectivity index (χ3n) is 8.44. The average Bonchev–Trinajstić information content (AvgIpc) is 3.40. The number of fused-ring (bicyclic) bond motifs is 2. The van der Waals surface area contributed by atoms with Crippen LogP contribution in [-0.4, -0.2) is 19.6 Å². The van der Waals surface area contributed by atoms with Gasteiger partial charge in [0, 0.05) is 49.6 Å². The van der Waals surface area contributed by atoms with E-state index in [4.69, 9.17) is 9.97 Å². The Hall–Kier alpha value is -4.53. The number of para-hydroxylation sites is 3. The second-order valence-corrected chi connectivity index (χ2v) is 12.5. The summed E-state index contributed by atoms with van der Waals surface area (Å²) in [5, 5.41) is 11.9. The molecule has 1 N–H and O–H groups in total. The maximum Gasteiger partial charge on any atom is 0.123 e. The van der Waals surface area contributed by atoms with Gasteiger partial charge in [0.05, 0.1) is 16.9 Å². The Bertz CT molecular complexity index is 2190. The number of aryl methyl sites for hydroxylation is 2. The first-order valence-corrected chi connectivity index (χ1v) is 15.0. The first-order chi connectivity index (χ1) is 21.2. The maximum absolute atomic E-state index is 10.8. The van der Waals surface area contributed by atoms with E-state index >= 15 is 0 Å². The van der Waals surface area contributed by atoms with E-state index in [0.29, 0.717) is 0 Å². The Morgan fingerprint density at radius 2 is 1.38 bits per heavy atom. The molecule has 5 aromatic carbocycles. The summed E-state index contributed by atoms with van der Waals surface area (Å²) in [6, 6.07) is 38.6. The second kappa shape index (κ2) is 11.8. The van der Waals surface area contributed by atoms with Crippen molar-refractivity contribution in [3.05, 3.63) is 132 Å². The molecule has 4 nitrogen and oxygen atoms in total. The monoisotopic (exact) mass is 767 g/mol. The van der Waals surface area contributed by atoms with Crippen LogP contribution in [0.5, 0.6) is 5.75 Å². The molecule has 226 valence electrons. The molecule has 2 aromatic heterocycles. The van der Waals surface area contributed by atoms with Crippen LogP contribution in [0.2, 0.25) is 0 Å². The van der Waals surface area contributed by atoms with Crippen molar-refractivity contribution in [2.75, 3.05) is 0 Å². The summed E-state index contributed by atoms with van der Waals surface area (Å²) in [7, 11) is 0. The van der Waals surface area contributed by atoms with Gasteiger partial charge in [0.1, 0.15) is 5.75 Å². The predicted octanol–water partition coefficient (Wildman–Crippen LogP) is 9.99. The van der Waals surface area contributed by atoms with Crippen molar-refractivity contribution in [3.8, 4) is 45.1 Å². The van der Waals surface area contributed by atoms with Crippen molar-refractivity contribution in [1.82, 2.24) is 14.5 Å². The number of aromatic nitrogens is 3. The number of nitrogens with zero attached hydrogens (tertiary/aromatic N) is 3. The van der Waals surface area contributed by atoms with Crippen LogP contribution in [0.15, 0.2) is 109 Å². The van der Waals surface area contributed by atoms with Gasteiger partial charge in [-0.25, -0.2) is 0 Å². The van der Waals surface area contributed by atoms with Gasteiger partial charge in [-0.15, -0.1) is 29.8 Å². The first kappa shape index (κ1) is 30.5. The summed E-state index contributed by atoms with van der Waals surface area (Å²) < 4.78 is 2.25. The summed E-state index contributed by atoms with van der Waals surface area (Å²) >= 11 is 0. The van der Waals surface area contributed by atoms with E-state index < -0.39 is 0 Å². The zero-order chi connectivity index (χ0) is 30.6. The topological polar surface area (TPSA) is 50.9 Å². The van der Waals surface area contributed by atoms with Gasteiger partial charge in [0.2, 0.25) is 0 Å². The number of pyridine rings is 1. The van der Waals surface area contributed by atoms with Crippen molar-refractivity contribution in [2.45, 2.75) is 40.0 Å². The molecule has 0 saturated heterocycles. The largest absolute Gasteiger partial charge is 0.507 e. The molecule has 0 radical (unpaired) electrons. The van der Waals surface area contributed by atoms with E-state index in [-0.39, 0.29) is 32.2 Å². The quantitative estimate of drug-likeness (QED) is 0.182. The van der Waals surface area contributed by atoms with Crippen LogP contribution in [0.25, 0.3) is 61.3 Å². The Labute approximate surface area is 278 Å². The Morgan fingerprint density at radius 1 is 0.689 bits per heavy atom. The summed E-state index contributed by atoms with van der Waals surface area (Å²) in [6.07, 6.45) is 1.85. The van der Waals surface area contributed by atoms with Crippen LogP contribution in [0, 0.1) is 19.9 Å². The van der Waals surface area contributed by atoms with E-state index in [1.807, 2.05) is 42.6 Å². The van der Waals surface area contributed by atoms with Crippen LogP contribution in [0.4, 0.5) is 0 Å². The van der Waals surface area contributed by atoms with Gasteiger partial charge < -0.3 is 9.67 Å². The number of phenolic OH excluding ortho intramolecular Hbond substituents is 1. The van der Waals surface area contributed by atoms with E-state index in [0.717, 1.165) is 72.4 Å². The zero-order valence-electron chi connectivity index (χ0n) is 26.0. The van der Waals surface area contributed by atoms with Gasteiger partial charge in [-0.2, -0.15) is 0 Å². The molecule has 0 saturated carbocycles. The fraction of sp³-hybridized carbons (Fsp3) is 0.150. The average molecular weight is 768 g/mol. The maximum atomic E-state index is 10.8. The molecule has 0 bridgehead atoms. The fourth-order valence-electron chi connectivity index (χ4n) is 6.17. The smallest absolute Gasteiger partial charge is 0.123 e. The second-order valence-electron chi connectivity index (χ2n) is 12.5. The molecule has 0 aliphatic rings. The van der Waals surface area contributed by atoms with Crippen LogP contribution >= 0.6 is 0 Å². The Kier molecular flexibility index (Phi) is 7.97. The minimum atomic E-state index is -0.0217. The molecule has 0 aliphatic heterocycles. The van der Waals surface area contributed by atoms with Crippen molar-refractivity contribution in [2.24, 2.45) is 0 Å². The molecule has 45 heavy (non-hydrogen) atoms. The van der Waals surface area contributed by atoms with E-state index in [1.54, 1.807) is 6.07 Å². The van der Waals surface area contributed by atoms with Gasteiger partial charge in [0.15, 0.2) is 0 Å². The van der Waals surface area contributed by atoms with E-state index in [2.05, 4.69) is 106 Å². The van der Waals surface area contributed by atoms with E-state index in [1.165, 1.54) is 5.56 Å². The van der Waals surface area contributed by atoms with Gasteiger partial charge in [0.25, 0.3) is 0 Å². The summed E-state index contributed by atoms with van der Waals surface area (Å²) in [5.41, 5.74) is 11.9. The SMILES string of the molecule is Cc1cccc(C)c1-n1c(-c2[c-]c(-c3cc(C(C)(C)C)cc4cccnc34)ccc2)nc2c(-c3ccccc3O)cccc21.[Pt]. The minimum absolute atomic E-state index is 0. The number of hydrogen-bond acceptors (Lipinski definition) is 3. The summed E-state index contributed by atoms with van der Waals surface area (Å²) in [6.45, 7) is 11.0. The molecule has 0 amide bonds. The number of benzene rings is 5. The molecular formula is C40H34N3OPt-. The molecule has 7 rings (SSSR count). The van der Waals surface area contributed by atoms with E-state index in [9.17, 15) is 5.11 Å². The first-order valence-electron chi connectivity index (χ1n) is 15.0. The molecule has 5 heteroatoms. The molecular weight excluding hydrogens is 734 g/mol. The molecule has 7 aromatic rings. The van der Waals surface area contributed by atoms with Crippen LogP contribution in [-0.2, 0) is 26.5 Å². The van der Waals surface area contributed by atoms with Gasteiger partial charge in [-0.3, -0.25) is 9.97 Å².